The van der Waals surface area contributed by atoms with Gasteiger partial charge in [0.15, 0.2) is 0 Å². The van der Waals surface area contributed by atoms with Crippen LogP contribution in [0.2, 0.25) is 0 Å². The molecule has 1 heterocycles. The molecular weight excluding hydrogens is 178 g/mol. The largest absolute Gasteiger partial charge is 0.379 e. The molecule has 3 unspecified atom stereocenters. The van der Waals surface area contributed by atoms with Gasteiger partial charge in [-0.25, -0.2) is 0 Å². The molecule has 3 atom stereocenters. The van der Waals surface area contributed by atoms with Gasteiger partial charge in [0, 0.05) is 12.5 Å². The maximum Gasteiger partial charge on any atom is 0.223 e. The van der Waals surface area contributed by atoms with Gasteiger partial charge in [-0.3, -0.25) is 4.79 Å². The van der Waals surface area contributed by atoms with Gasteiger partial charge in [-0.2, -0.15) is 0 Å². The maximum absolute atomic E-state index is 11.8. The minimum atomic E-state index is 0.285. The van der Waals surface area contributed by atoms with E-state index in [4.69, 9.17) is 4.74 Å². The molecule has 1 saturated heterocycles. The quantitative estimate of drug-likeness (QED) is 0.712. The first-order valence-electron chi connectivity index (χ1n) is 5.71. The molecule has 2 aliphatic carbocycles. The van der Waals surface area contributed by atoms with Crippen LogP contribution in [0.4, 0.5) is 0 Å². The maximum atomic E-state index is 11.8. The van der Waals surface area contributed by atoms with E-state index in [9.17, 15) is 4.79 Å². The third-order valence-electron chi connectivity index (χ3n) is 3.89. The van der Waals surface area contributed by atoms with Gasteiger partial charge >= 0.3 is 0 Å². The summed E-state index contributed by atoms with van der Waals surface area (Å²) in [5.41, 5.74) is 0. The molecule has 0 bridgehead atoms. The Balaban J connectivity index is 1.50. The molecule has 0 aromatic heterocycles. The molecule has 3 rings (SSSR count). The number of carbonyl (C=O) groups excluding carboxylic acids is 1. The molecule has 0 aromatic rings. The molecule has 3 fully saturated rings. The van der Waals surface area contributed by atoms with Gasteiger partial charge in [0.25, 0.3) is 0 Å². The van der Waals surface area contributed by atoms with Crippen molar-refractivity contribution >= 4 is 5.91 Å². The van der Waals surface area contributed by atoms with E-state index < -0.39 is 0 Å². The SMILES string of the molecule is O=C(NC1CCOC1)C1CC2CC2C1. The minimum absolute atomic E-state index is 0.285. The fraction of sp³-hybridized carbons (Fsp3) is 0.909. The summed E-state index contributed by atoms with van der Waals surface area (Å²) in [6, 6.07) is 0.291. The van der Waals surface area contributed by atoms with E-state index in [0.29, 0.717) is 18.6 Å². The van der Waals surface area contributed by atoms with Crippen molar-refractivity contribution in [3.63, 3.8) is 0 Å². The van der Waals surface area contributed by atoms with Crippen molar-refractivity contribution < 1.29 is 9.53 Å². The van der Waals surface area contributed by atoms with Crippen LogP contribution in [0.15, 0.2) is 0 Å². The predicted octanol–water partition coefficient (Wildman–Crippen LogP) is 0.938. The number of ether oxygens (including phenoxy) is 1. The lowest BCUT2D eigenvalue weighted by molar-refractivity contribution is -0.125. The zero-order chi connectivity index (χ0) is 9.54. The van der Waals surface area contributed by atoms with Gasteiger partial charge in [0.05, 0.1) is 12.6 Å². The molecule has 3 nitrogen and oxygen atoms in total. The summed E-state index contributed by atoms with van der Waals surface area (Å²) in [5, 5.41) is 3.10. The smallest absolute Gasteiger partial charge is 0.223 e. The summed E-state index contributed by atoms with van der Waals surface area (Å²) in [4.78, 5) is 11.8. The summed E-state index contributed by atoms with van der Waals surface area (Å²) in [5.74, 6) is 2.39. The van der Waals surface area contributed by atoms with Crippen LogP contribution in [0.1, 0.15) is 25.7 Å². The molecule has 3 heteroatoms. The van der Waals surface area contributed by atoms with Gasteiger partial charge in [-0.1, -0.05) is 0 Å². The van der Waals surface area contributed by atoms with E-state index in [-0.39, 0.29) is 5.91 Å². The van der Waals surface area contributed by atoms with Gasteiger partial charge < -0.3 is 10.1 Å². The second kappa shape index (κ2) is 3.23. The normalized spacial score (nSPS) is 44.9. The predicted molar refractivity (Wildman–Crippen MR) is 51.7 cm³/mol. The van der Waals surface area contributed by atoms with E-state index in [1.165, 1.54) is 6.42 Å². The molecular formula is C11H17NO2. The number of hydrogen-bond donors (Lipinski definition) is 1. The fourth-order valence-corrected chi connectivity index (χ4v) is 2.90. The monoisotopic (exact) mass is 195 g/mol. The van der Waals surface area contributed by atoms with Gasteiger partial charge in [-0.05, 0) is 37.5 Å². The lowest BCUT2D eigenvalue weighted by atomic mass is 10.0. The van der Waals surface area contributed by atoms with Crippen LogP contribution in [0.3, 0.4) is 0 Å². The molecule has 0 aromatic carbocycles. The van der Waals surface area contributed by atoms with Crippen molar-refractivity contribution in [2.45, 2.75) is 31.7 Å². The molecule has 0 spiro atoms. The highest BCUT2D eigenvalue weighted by Gasteiger charge is 2.48. The van der Waals surface area contributed by atoms with Gasteiger partial charge in [-0.15, -0.1) is 0 Å². The van der Waals surface area contributed by atoms with E-state index in [1.807, 2.05) is 0 Å². The van der Waals surface area contributed by atoms with Crippen LogP contribution < -0.4 is 5.32 Å². The minimum Gasteiger partial charge on any atom is -0.379 e. The van der Waals surface area contributed by atoms with Crippen LogP contribution in [-0.2, 0) is 9.53 Å². The standard InChI is InChI=1S/C11H17NO2/c13-11(12-10-1-2-14-6-10)9-4-7-3-8(7)5-9/h7-10H,1-6H2,(H,12,13). The summed E-state index contributed by atoms with van der Waals surface area (Å²) < 4.78 is 5.24. The van der Waals surface area contributed by atoms with Crippen LogP contribution in [0, 0.1) is 17.8 Å². The first-order chi connectivity index (χ1) is 6.83. The van der Waals surface area contributed by atoms with E-state index in [1.54, 1.807) is 0 Å². The molecule has 1 amide bonds. The first kappa shape index (κ1) is 8.72. The van der Waals surface area contributed by atoms with Crippen LogP contribution in [0.25, 0.3) is 0 Å². The van der Waals surface area contributed by atoms with Crippen molar-refractivity contribution in [1.29, 1.82) is 0 Å². The van der Waals surface area contributed by atoms with Crippen molar-refractivity contribution in [3.8, 4) is 0 Å². The Morgan fingerprint density at radius 1 is 1.21 bits per heavy atom. The zero-order valence-electron chi connectivity index (χ0n) is 8.37. The van der Waals surface area contributed by atoms with E-state index in [2.05, 4.69) is 5.32 Å². The van der Waals surface area contributed by atoms with E-state index in [0.717, 1.165) is 37.7 Å². The molecule has 78 valence electrons. The molecule has 14 heavy (non-hydrogen) atoms. The zero-order valence-corrected chi connectivity index (χ0v) is 8.37. The Bertz CT molecular complexity index is 238. The Labute approximate surface area is 84.2 Å². The van der Waals surface area contributed by atoms with E-state index >= 15 is 0 Å². The lowest BCUT2D eigenvalue weighted by Gasteiger charge is -2.15. The Kier molecular flexibility index (Phi) is 2.01. The number of hydrogen-bond acceptors (Lipinski definition) is 2. The number of rotatable bonds is 2. The highest BCUT2D eigenvalue weighted by atomic mass is 16.5. The van der Waals surface area contributed by atoms with Crippen LogP contribution >= 0.6 is 0 Å². The van der Waals surface area contributed by atoms with Crippen molar-refractivity contribution in [3.05, 3.63) is 0 Å². The Morgan fingerprint density at radius 3 is 2.64 bits per heavy atom. The third kappa shape index (κ3) is 1.54. The van der Waals surface area contributed by atoms with Gasteiger partial charge in [0.1, 0.15) is 0 Å². The Morgan fingerprint density at radius 2 is 2.00 bits per heavy atom. The molecule has 1 aliphatic heterocycles. The van der Waals surface area contributed by atoms with Crippen molar-refractivity contribution in [2.75, 3.05) is 13.2 Å². The molecule has 3 aliphatic rings. The Hall–Kier alpha value is -0.570. The fourth-order valence-electron chi connectivity index (χ4n) is 2.90. The molecule has 0 radical (unpaired) electrons. The second-order valence-corrected chi connectivity index (χ2v) is 4.99. The number of amides is 1. The number of fused-ring (bicyclic) bond motifs is 1. The van der Waals surface area contributed by atoms with Crippen molar-refractivity contribution in [1.82, 2.24) is 5.32 Å². The highest BCUT2D eigenvalue weighted by molar-refractivity contribution is 5.79. The summed E-state index contributed by atoms with van der Waals surface area (Å²) in [6.45, 7) is 1.52. The summed E-state index contributed by atoms with van der Waals surface area (Å²) >= 11 is 0. The van der Waals surface area contributed by atoms with Gasteiger partial charge in [0.2, 0.25) is 5.91 Å². The highest BCUT2D eigenvalue weighted by Crippen LogP contribution is 2.54. The summed E-state index contributed by atoms with van der Waals surface area (Å²) in [6.07, 6.45) is 4.66. The van der Waals surface area contributed by atoms with Crippen molar-refractivity contribution in [2.24, 2.45) is 17.8 Å². The number of carbonyl (C=O) groups is 1. The third-order valence-corrected chi connectivity index (χ3v) is 3.89. The average molecular weight is 195 g/mol. The lowest BCUT2D eigenvalue weighted by Crippen LogP contribution is -2.38. The molecule has 1 N–H and O–H groups in total. The topological polar surface area (TPSA) is 38.3 Å². The van der Waals surface area contributed by atoms with Crippen LogP contribution in [-0.4, -0.2) is 25.2 Å². The number of nitrogens with one attached hydrogen (secondary N) is 1. The first-order valence-corrected chi connectivity index (χ1v) is 5.71. The summed E-state index contributed by atoms with van der Waals surface area (Å²) in [7, 11) is 0. The average Bonchev–Trinajstić information content (AvgIpc) is 2.68. The second-order valence-electron chi connectivity index (χ2n) is 4.99. The van der Waals surface area contributed by atoms with Crippen LogP contribution in [0.5, 0.6) is 0 Å². The molecule has 2 saturated carbocycles.